The first-order valence-electron chi connectivity index (χ1n) is 10.7. The molecular formula is C24H31BrN2O3S. The largest absolute Gasteiger partial charge is 0.349 e. The Kier molecular flexibility index (Phi) is 7.60. The third kappa shape index (κ3) is 5.96. The van der Waals surface area contributed by atoms with Gasteiger partial charge in [0.05, 0.1) is 11.8 Å². The Labute approximate surface area is 194 Å². The van der Waals surface area contributed by atoms with Gasteiger partial charge in [0.15, 0.2) is 0 Å². The van der Waals surface area contributed by atoms with Crippen LogP contribution >= 0.6 is 15.9 Å². The lowest BCUT2D eigenvalue weighted by molar-refractivity contribution is -0.126. The summed E-state index contributed by atoms with van der Waals surface area (Å²) in [7, 11) is -3.39. The number of hydrogen-bond acceptors (Lipinski definition) is 3. The third-order valence-corrected chi connectivity index (χ3v) is 8.57. The molecule has 0 radical (unpaired) electrons. The van der Waals surface area contributed by atoms with Crippen LogP contribution < -0.4 is 5.32 Å². The molecule has 1 N–H and O–H groups in total. The van der Waals surface area contributed by atoms with Crippen LogP contribution in [0.4, 0.5) is 0 Å². The second-order valence-corrected chi connectivity index (χ2v) is 11.5. The first-order valence-corrected chi connectivity index (χ1v) is 13.1. The zero-order valence-corrected chi connectivity index (χ0v) is 21.0. The molecular weight excluding hydrogens is 476 g/mol. The number of rotatable bonds is 6. The smallest absolute Gasteiger partial charge is 0.223 e. The lowest BCUT2D eigenvalue weighted by Gasteiger charge is -2.31. The fourth-order valence-electron chi connectivity index (χ4n) is 4.14. The number of aryl methyl sites for hydroxylation is 3. The number of amides is 1. The molecule has 1 aliphatic rings. The number of nitrogens with zero attached hydrogens (tertiary/aromatic N) is 1. The molecule has 1 fully saturated rings. The first-order chi connectivity index (χ1) is 14.6. The summed E-state index contributed by atoms with van der Waals surface area (Å²) in [5.41, 5.74) is 5.53. The van der Waals surface area contributed by atoms with E-state index in [1.807, 2.05) is 31.2 Å². The number of piperidine rings is 1. The normalized spacial score (nSPS) is 16.8. The van der Waals surface area contributed by atoms with Crippen molar-refractivity contribution in [3.63, 3.8) is 0 Å². The van der Waals surface area contributed by atoms with Crippen LogP contribution in [0.1, 0.15) is 53.6 Å². The van der Waals surface area contributed by atoms with Gasteiger partial charge in [-0.25, -0.2) is 12.7 Å². The Morgan fingerprint density at radius 1 is 1.06 bits per heavy atom. The Morgan fingerprint density at radius 2 is 1.65 bits per heavy atom. The van der Waals surface area contributed by atoms with Crippen LogP contribution in [0.5, 0.6) is 0 Å². The highest BCUT2D eigenvalue weighted by Gasteiger charge is 2.31. The number of carbonyl (C=O) groups excluding carboxylic acids is 1. The number of benzene rings is 2. The predicted octanol–water partition coefficient (Wildman–Crippen LogP) is 4.79. The van der Waals surface area contributed by atoms with E-state index in [-0.39, 0.29) is 23.6 Å². The Morgan fingerprint density at radius 3 is 2.26 bits per heavy atom. The molecule has 1 atom stereocenters. The van der Waals surface area contributed by atoms with Gasteiger partial charge in [0.2, 0.25) is 15.9 Å². The number of halogens is 1. The molecule has 168 valence electrons. The summed E-state index contributed by atoms with van der Waals surface area (Å²) in [5.74, 6) is -0.163. The topological polar surface area (TPSA) is 66.5 Å². The van der Waals surface area contributed by atoms with Crippen molar-refractivity contribution in [3.05, 3.63) is 68.7 Å². The fourth-order valence-corrected chi connectivity index (χ4v) is 5.96. The molecule has 2 aromatic rings. The highest BCUT2D eigenvalue weighted by Crippen LogP contribution is 2.25. The minimum atomic E-state index is -3.39. The van der Waals surface area contributed by atoms with Gasteiger partial charge in [-0.15, -0.1) is 0 Å². The van der Waals surface area contributed by atoms with E-state index in [1.165, 1.54) is 21.0 Å². The van der Waals surface area contributed by atoms with Crippen molar-refractivity contribution in [1.82, 2.24) is 9.62 Å². The van der Waals surface area contributed by atoms with Crippen LogP contribution in [0.25, 0.3) is 0 Å². The summed E-state index contributed by atoms with van der Waals surface area (Å²) in [5, 5.41) is 3.14. The van der Waals surface area contributed by atoms with Crippen molar-refractivity contribution in [3.8, 4) is 0 Å². The van der Waals surface area contributed by atoms with Gasteiger partial charge in [-0.2, -0.15) is 0 Å². The summed E-state index contributed by atoms with van der Waals surface area (Å²) in [4.78, 5) is 12.8. The number of carbonyl (C=O) groups is 1. The van der Waals surface area contributed by atoms with Gasteiger partial charge >= 0.3 is 0 Å². The maximum absolute atomic E-state index is 12.8. The SMILES string of the molecule is Cc1cc(C)c(C(C)NC(=O)C2CCN(S(=O)(=O)Cc3ccc(Br)cc3)CC2)cc1C. The molecule has 1 saturated heterocycles. The van der Waals surface area contributed by atoms with Crippen LogP contribution in [0.15, 0.2) is 40.9 Å². The van der Waals surface area contributed by atoms with E-state index in [1.54, 1.807) is 0 Å². The standard InChI is InChI=1S/C24H31BrN2O3S/c1-16-13-18(3)23(14-17(16)2)19(4)26-24(28)21-9-11-27(12-10-21)31(29,30)15-20-5-7-22(25)8-6-20/h5-8,13-14,19,21H,9-12,15H2,1-4H3,(H,26,28). The average molecular weight is 507 g/mol. The lowest BCUT2D eigenvalue weighted by Crippen LogP contribution is -2.43. The van der Waals surface area contributed by atoms with Crippen LogP contribution in [0, 0.1) is 26.7 Å². The summed E-state index contributed by atoms with van der Waals surface area (Å²) >= 11 is 3.37. The quantitative estimate of drug-likeness (QED) is 0.611. The highest BCUT2D eigenvalue weighted by atomic mass is 79.9. The molecule has 1 amide bonds. The van der Waals surface area contributed by atoms with Gasteiger partial charge in [0.25, 0.3) is 0 Å². The summed E-state index contributed by atoms with van der Waals surface area (Å²) in [6, 6.07) is 11.6. The zero-order chi connectivity index (χ0) is 22.8. The number of hydrogen-bond donors (Lipinski definition) is 1. The average Bonchev–Trinajstić information content (AvgIpc) is 2.72. The van der Waals surface area contributed by atoms with Gasteiger partial charge in [-0.3, -0.25) is 4.79 Å². The van der Waals surface area contributed by atoms with Crippen molar-refractivity contribution in [2.75, 3.05) is 13.1 Å². The minimum Gasteiger partial charge on any atom is -0.349 e. The van der Waals surface area contributed by atoms with Crippen molar-refractivity contribution in [2.24, 2.45) is 5.92 Å². The van der Waals surface area contributed by atoms with Crippen molar-refractivity contribution >= 4 is 31.9 Å². The van der Waals surface area contributed by atoms with Gasteiger partial charge in [0.1, 0.15) is 0 Å². The maximum atomic E-state index is 12.8. The Bertz CT molecular complexity index is 1040. The molecule has 31 heavy (non-hydrogen) atoms. The van der Waals surface area contributed by atoms with Crippen LogP contribution in [0.3, 0.4) is 0 Å². The molecule has 0 aromatic heterocycles. The molecule has 2 aromatic carbocycles. The Balaban J connectivity index is 1.57. The van der Waals surface area contributed by atoms with E-state index in [0.717, 1.165) is 15.6 Å². The predicted molar refractivity (Wildman–Crippen MR) is 128 cm³/mol. The summed E-state index contributed by atoms with van der Waals surface area (Å²) < 4.78 is 28.0. The minimum absolute atomic E-state index is 0.00934. The summed E-state index contributed by atoms with van der Waals surface area (Å²) in [6.07, 6.45) is 1.09. The molecule has 0 spiro atoms. The van der Waals surface area contributed by atoms with E-state index in [4.69, 9.17) is 0 Å². The van der Waals surface area contributed by atoms with E-state index >= 15 is 0 Å². The molecule has 1 aliphatic heterocycles. The van der Waals surface area contributed by atoms with Gasteiger partial charge in [-0.05, 0) is 80.5 Å². The third-order valence-electron chi connectivity index (χ3n) is 6.19. The molecule has 0 saturated carbocycles. The van der Waals surface area contributed by atoms with E-state index in [0.29, 0.717) is 25.9 Å². The number of sulfonamides is 1. The van der Waals surface area contributed by atoms with Gasteiger partial charge in [-0.1, -0.05) is 40.2 Å². The molecule has 0 aliphatic carbocycles. The zero-order valence-electron chi connectivity index (χ0n) is 18.6. The Hall–Kier alpha value is -1.70. The van der Waals surface area contributed by atoms with Crippen molar-refractivity contribution in [2.45, 2.75) is 52.3 Å². The second-order valence-electron chi connectivity index (χ2n) is 8.58. The van der Waals surface area contributed by atoms with Crippen molar-refractivity contribution in [1.29, 1.82) is 0 Å². The van der Waals surface area contributed by atoms with Gasteiger partial charge < -0.3 is 5.32 Å². The van der Waals surface area contributed by atoms with E-state index in [9.17, 15) is 13.2 Å². The van der Waals surface area contributed by atoms with Crippen molar-refractivity contribution < 1.29 is 13.2 Å². The molecule has 1 unspecified atom stereocenters. The van der Waals surface area contributed by atoms with E-state index < -0.39 is 10.0 Å². The number of nitrogens with one attached hydrogen (secondary N) is 1. The van der Waals surface area contributed by atoms with E-state index in [2.05, 4.69) is 54.2 Å². The van der Waals surface area contributed by atoms with Crippen LogP contribution in [0.2, 0.25) is 0 Å². The van der Waals surface area contributed by atoms with Crippen LogP contribution in [-0.4, -0.2) is 31.7 Å². The fraction of sp³-hybridized carbons (Fsp3) is 0.458. The molecule has 7 heteroatoms. The second kappa shape index (κ2) is 9.84. The van der Waals surface area contributed by atoms with Gasteiger partial charge in [0, 0.05) is 23.5 Å². The monoisotopic (exact) mass is 506 g/mol. The molecule has 1 heterocycles. The van der Waals surface area contributed by atoms with Crippen LogP contribution in [-0.2, 0) is 20.6 Å². The molecule has 5 nitrogen and oxygen atoms in total. The molecule has 0 bridgehead atoms. The highest BCUT2D eigenvalue weighted by molar-refractivity contribution is 9.10. The summed E-state index contributed by atoms with van der Waals surface area (Å²) in [6.45, 7) is 9.01. The molecule has 3 rings (SSSR count). The maximum Gasteiger partial charge on any atom is 0.223 e. The first kappa shape index (κ1) is 24.0. The lowest BCUT2D eigenvalue weighted by atomic mass is 9.94.